The Labute approximate surface area is 482 Å². The molecule has 1 aliphatic heterocycles. The largest absolute Gasteiger partial charge is 0.479 e. The lowest BCUT2D eigenvalue weighted by Crippen LogP contribution is -2.61. The van der Waals surface area contributed by atoms with Crippen molar-refractivity contribution < 1.29 is 58.2 Å². The lowest BCUT2D eigenvalue weighted by Gasteiger charge is -2.40. The van der Waals surface area contributed by atoms with Gasteiger partial charge in [0.15, 0.2) is 24.6 Å². The van der Waals surface area contributed by atoms with Crippen molar-refractivity contribution in [1.82, 2.24) is 0 Å². The number of carbonyl (C=O) groups excluding carboxylic acids is 3. The first-order chi connectivity index (χ1) is 38.6. The number of allylic oxidation sites excluding steroid dienone is 8. The number of carboxylic acid groups (broad SMARTS) is 1. The highest BCUT2D eigenvalue weighted by Crippen LogP contribution is 2.27. The van der Waals surface area contributed by atoms with Gasteiger partial charge in [0.2, 0.25) is 0 Å². The van der Waals surface area contributed by atoms with Crippen molar-refractivity contribution in [3.63, 3.8) is 0 Å². The summed E-state index contributed by atoms with van der Waals surface area (Å²) in [5.41, 5.74) is 0. The van der Waals surface area contributed by atoms with Gasteiger partial charge in [0, 0.05) is 19.3 Å². The predicted octanol–water partition coefficient (Wildman–Crippen LogP) is 17.3. The third-order valence-corrected chi connectivity index (χ3v) is 14.9. The SMILES string of the molecule is CC/C=C\C/C=C\C/C=C\C/C=C\CCCCCCC(=O)OC1C(OCC(COC(=O)CCCCCCCCCCCCCCCCCCCCC)OC(=O)CCCCCCCCCCCCCCC)OC(C(=O)O)C(O)C1O. The van der Waals surface area contributed by atoms with Gasteiger partial charge in [-0.15, -0.1) is 0 Å². The molecule has 12 heteroatoms. The van der Waals surface area contributed by atoms with Crippen molar-refractivity contribution in [1.29, 1.82) is 0 Å². The van der Waals surface area contributed by atoms with Crippen molar-refractivity contribution in [2.75, 3.05) is 13.2 Å². The van der Waals surface area contributed by atoms with Gasteiger partial charge in [0.05, 0.1) is 6.61 Å². The van der Waals surface area contributed by atoms with Gasteiger partial charge < -0.3 is 39.0 Å². The summed E-state index contributed by atoms with van der Waals surface area (Å²) in [6.45, 7) is 5.92. The van der Waals surface area contributed by atoms with Crippen LogP contribution >= 0.6 is 0 Å². The molecule has 1 rings (SSSR count). The fraction of sp³-hybridized carbons (Fsp3) is 0.821. The van der Waals surface area contributed by atoms with E-state index in [0.717, 1.165) is 89.9 Å². The molecule has 12 nitrogen and oxygen atoms in total. The molecular weight excluding hydrogens is 997 g/mol. The van der Waals surface area contributed by atoms with E-state index in [4.69, 9.17) is 23.7 Å². The first kappa shape index (κ1) is 73.7. The lowest BCUT2D eigenvalue weighted by atomic mass is 9.98. The monoisotopic (exact) mass is 1110 g/mol. The molecule has 79 heavy (non-hydrogen) atoms. The zero-order chi connectivity index (χ0) is 57.5. The van der Waals surface area contributed by atoms with Crippen LogP contribution in [0, 0.1) is 0 Å². The third kappa shape index (κ3) is 45.0. The predicted molar refractivity (Wildman–Crippen MR) is 322 cm³/mol. The maximum absolute atomic E-state index is 13.2. The zero-order valence-electron chi connectivity index (χ0n) is 50.6. The summed E-state index contributed by atoms with van der Waals surface area (Å²) in [6, 6.07) is 0. The van der Waals surface area contributed by atoms with Crippen molar-refractivity contribution in [2.24, 2.45) is 0 Å². The van der Waals surface area contributed by atoms with Crippen LogP contribution in [-0.2, 0) is 42.9 Å². The summed E-state index contributed by atoms with van der Waals surface area (Å²) < 4.78 is 28.5. The van der Waals surface area contributed by atoms with Gasteiger partial charge in [-0.05, 0) is 57.8 Å². The lowest BCUT2D eigenvalue weighted by molar-refractivity contribution is -0.301. The quantitative estimate of drug-likeness (QED) is 0.0228. The Kier molecular flexibility index (Phi) is 51.5. The number of ether oxygens (including phenoxy) is 5. The second-order valence-corrected chi connectivity index (χ2v) is 22.4. The normalized spacial score (nSPS) is 18.1. The van der Waals surface area contributed by atoms with Crippen molar-refractivity contribution in [3.8, 4) is 0 Å². The van der Waals surface area contributed by atoms with Crippen LogP contribution in [0.1, 0.15) is 303 Å². The van der Waals surface area contributed by atoms with Crippen molar-refractivity contribution >= 4 is 23.9 Å². The van der Waals surface area contributed by atoms with Gasteiger partial charge in [-0.3, -0.25) is 14.4 Å². The van der Waals surface area contributed by atoms with Crippen LogP contribution in [0.15, 0.2) is 48.6 Å². The molecule has 3 N–H and O–H groups in total. The number of esters is 3. The number of hydrogen-bond acceptors (Lipinski definition) is 11. The molecule has 458 valence electrons. The molecular formula is C67H118O12. The first-order valence-electron chi connectivity index (χ1n) is 32.6. The number of aliphatic hydroxyl groups is 2. The van der Waals surface area contributed by atoms with E-state index in [1.807, 2.05) is 0 Å². The van der Waals surface area contributed by atoms with Gasteiger partial charge in [-0.1, -0.05) is 275 Å². The molecule has 0 aromatic carbocycles. The highest BCUT2D eigenvalue weighted by molar-refractivity contribution is 5.74. The molecule has 1 heterocycles. The number of hydrogen-bond donors (Lipinski definition) is 3. The Morgan fingerprint density at radius 1 is 0.430 bits per heavy atom. The average Bonchev–Trinajstić information content (AvgIpc) is 3.46. The van der Waals surface area contributed by atoms with Crippen LogP contribution in [0.2, 0.25) is 0 Å². The van der Waals surface area contributed by atoms with E-state index in [-0.39, 0.29) is 25.9 Å². The topological polar surface area (TPSA) is 175 Å². The number of carbonyl (C=O) groups is 4. The number of unbranched alkanes of at least 4 members (excludes halogenated alkanes) is 34. The Morgan fingerprint density at radius 2 is 0.797 bits per heavy atom. The molecule has 0 aliphatic carbocycles. The fourth-order valence-corrected chi connectivity index (χ4v) is 9.95. The summed E-state index contributed by atoms with van der Waals surface area (Å²) in [4.78, 5) is 51.3. The molecule has 0 amide bonds. The summed E-state index contributed by atoms with van der Waals surface area (Å²) in [6.07, 6.45) is 55.0. The van der Waals surface area contributed by atoms with Gasteiger partial charge in [-0.25, -0.2) is 4.79 Å². The molecule has 1 fully saturated rings. The first-order valence-corrected chi connectivity index (χ1v) is 32.6. The third-order valence-electron chi connectivity index (χ3n) is 14.9. The minimum Gasteiger partial charge on any atom is -0.479 e. The van der Waals surface area contributed by atoms with E-state index >= 15 is 0 Å². The van der Waals surface area contributed by atoms with Crippen LogP contribution in [-0.4, -0.2) is 89.2 Å². The van der Waals surface area contributed by atoms with Crippen LogP contribution in [0.5, 0.6) is 0 Å². The highest BCUT2D eigenvalue weighted by Gasteiger charge is 2.50. The second kappa shape index (κ2) is 55.2. The van der Waals surface area contributed by atoms with Crippen LogP contribution in [0.25, 0.3) is 0 Å². The molecule has 1 aliphatic rings. The second-order valence-electron chi connectivity index (χ2n) is 22.4. The number of rotatable bonds is 56. The Bertz CT molecular complexity index is 1560. The maximum atomic E-state index is 13.2. The molecule has 0 spiro atoms. The van der Waals surface area contributed by atoms with E-state index in [0.29, 0.717) is 19.3 Å². The highest BCUT2D eigenvalue weighted by atomic mass is 16.7. The number of aliphatic carboxylic acids is 1. The fourth-order valence-electron chi connectivity index (χ4n) is 9.95. The Balaban J connectivity index is 2.64. The summed E-state index contributed by atoms with van der Waals surface area (Å²) in [5, 5.41) is 31.6. The van der Waals surface area contributed by atoms with Gasteiger partial charge in [-0.2, -0.15) is 0 Å². The minimum absolute atomic E-state index is 0.0350. The number of carboxylic acids is 1. The minimum atomic E-state index is -1.91. The molecule has 1 saturated heterocycles. The summed E-state index contributed by atoms with van der Waals surface area (Å²) >= 11 is 0. The summed E-state index contributed by atoms with van der Waals surface area (Å²) in [5.74, 6) is -3.12. The Hall–Kier alpha value is -3.32. The standard InChI is InChI=1S/C67H118O12/c1-4-7-10-13-16-19-22-25-27-29-30-32-33-36-38-41-44-47-50-53-59(68)75-56-58(77-60(69)54-51-48-45-42-39-35-24-21-18-15-12-9-6-3)57-76-67-65(63(72)62(71)64(79-67)66(73)74)78-61(70)55-52-49-46-43-40-37-34-31-28-26-23-20-17-14-11-8-5-2/h8,11,17,20,26,28,34,37,58,62-65,67,71-72H,4-7,9-10,12-16,18-19,21-25,27,29-33,35-36,38-57H2,1-3H3,(H,73,74)/b11-8-,20-17-,28-26-,37-34-. The number of aliphatic hydroxyl groups excluding tert-OH is 2. The summed E-state index contributed by atoms with van der Waals surface area (Å²) in [7, 11) is 0. The van der Waals surface area contributed by atoms with Crippen LogP contribution in [0.4, 0.5) is 0 Å². The molecule has 0 radical (unpaired) electrons. The van der Waals surface area contributed by atoms with Gasteiger partial charge >= 0.3 is 23.9 Å². The average molecular weight is 1120 g/mol. The molecule has 0 bridgehead atoms. The van der Waals surface area contributed by atoms with Gasteiger partial charge in [0.25, 0.3) is 0 Å². The van der Waals surface area contributed by atoms with Crippen molar-refractivity contribution in [2.45, 2.75) is 340 Å². The van der Waals surface area contributed by atoms with E-state index in [1.165, 1.54) is 154 Å². The molecule has 0 saturated carbocycles. The van der Waals surface area contributed by atoms with E-state index in [9.17, 15) is 34.5 Å². The molecule has 6 unspecified atom stereocenters. The molecule has 0 aromatic rings. The van der Waals surface area contributed by atoms with E-state index in [1.54, 1.807) is 0 Å². The van der Waals surface area contributed by atoms with E-state index in [2.05, 4.69) is 69.4 Å². The molecule has 0 aromatic heterocycles. The van der Waals surface area contributed by atoms with Crippen LogP contribution in [0.3, 0.4) is 0 Å². The zero-order valence-corrected chi connectivity index (χ0v) is 50.6. The smallest absolute Gasteiger partial charge is 0.335 e. The van der Waals surface area contributed by atoms with E-state index < -0.39 is 67.3 Å². The van der Waals surface area contributed by atoms with Gasteiger partial charge in [0.1, 0.15) is 18.8 Å². The Morgan fingerprint density at radius 3 is 1.22 bits per heavy atom. The van der Waals surface area contributed by atoms with Crippen molar-refractivity contribution in [3.05, 3.63) is 48.6 Å². The maximum Gasteiger partial charge on any atom is 0.335 e. The molecule has 6 atom stereocenters. The van der Waals surface area contributed by atoms with Crippen LogP contribution < -0.4 is 0 Å².